The molecule has 5 heteroatoms. The zero-order valence-corrected chi connectivity index (χ0v) is 14.1. The fourth-order valence-corrected chi connectivity index (χ4v) is 2.76. The maximum atomic E-state index is 12.4. The second-order valence-corrected chi connectivity index (χ2v) is 5.89. The maximum absolute atomic E-state index is 12.4. The fraction of sp³-hybridized carbons (Fsp3) is 0.556. The quantitative estimate of drug-likeness (QED) is 0.807. The second kappa shape index (κ2) is 8.56. The molecule has 2 amide bonds. The minimum atomic E-state index is 0.110. The number of carbonyl (C=O) groups excluding carboxylic acids is 2. The molecule has 0 atom stereocenters. The van der Waals surface area contributed by atoms with Gasteiger partial charge in [0, 0.05) is 32.6 Å². The molecule has 1 heterocycles. The Morgan fingerprint density at radius 1 is 1.09 bits per heavy atom. The number of unbranched alkanes of at least 4 members (excludes halogenated alkanes) is 1. The van der Waals surface area contributed by atoms with Crippen LogP contribution in [0, 0.1) is 0 Å². The van der Waals surface area contributed by atoms with E-state index in [0.717, 1.165) is 24.2 Å². The Morgan fingerprint density at radius 2 is 1.74 bits per heavy atom. The molecule has 0 aliphatic carbocycles. The lowest BCUT2D eigenvalue weighted by Crippen LogP contribution is -2.50. The van der Waals surface area contributed by atoms with Crippen LogP contribution in [0.25, 0.3) is 0 Å². The molecule has 0 aromatic heterocycles. The molecule has 0 saturated carbocycles. The third kappa shape index (κ3) is 4.98. The van der Waals surface area contributed by atoms with Crippen LogP contribution in [-0.2, 0) is 16.0 Å². The summed E-state index contributed by atoms with van der Waals surface area (Å²) in [7, 11) is 1.62. The number of amides is 2. The highest BCUT2D eigenvalue weighted by Crippen LogP contribution is 2.14. The summed E-state index contributed by atoms with van der Waals surface area (Å²) < 4.78 is 5.19. The highest BCUT2D eigenvalue weighted by molar-refractivity contribution is 5.80. The standard InChI is InChI=1S/C18H26N2O3/c1-3-4-8-17(21)19-9-11-20(12-10-19)18(22)14-15-6-5-7-16(13-15)23-2/h5-7,13H,3-4,8-12,14H2,1-2H3. The zero-order chi connectivity index (χ0) is 16.7. The normalized spacial score (nSPS) is 14.7. The molecular weight excluding hydrogens is 292 g/mol. The van der Waals surface area contributed by atoms with Gasteiger partial charge in [0.05, 0.1) is 13.5 Å². The van der Waals surface area contributed by atoms with Crippen molar-refractivity contribution in [1.82, 2.24) is 9.80 Å². The van der Waals surface area contributed by atoms with Crippen molar-refractivity contribution in [3.05, 3.63) is 29.8 Å². The summed E-state index contributed by atoms with van der Waals surface area (Å²) in [6, 6.07) is 7.59. The molecule has 23 heavy (non-hydrogen) atoms. The number of ether oxygens (including phenoxy) is 1. The van der Waals surface area contributed by atoms with E-state index in [1.165, 1.54) is 0 Å². The molecule has 0 bridgehead atoms. The van der Waals surface area contributed by atoms with E-state index in [0.29, 0.717) is 39.0 Å². The average molecular weight is 318 g/mol. The summed E-state index contributed by atoms with van der Waals surface area (Å²) in [6.07, 6.45) is 2.97. The molecule has 5 nitrogen and oxygen atoms in total. The molecule has 2 rings (SSSR count). The zero-order valence-electron chi connectivity index (χ0n) is 14.1. The largest absolute Gasteiger partial charge is 0.497 e. The molecule has 0 spiro atoms. The van der Waals surface area contributed by atoms with Gasteiger partial charge in [-0.05, 0) is 24.1 Å². The van der Waals surface area contributed by atoms with Gasteiger partial charge in [-0.1, -0.05) is 25.5 Å². The van der Waals surface area contributed by atoms with Crippen molar-refractivity contribution < 1.29 is 14.3 Å². The van der Waals surface area contributed by atoms with Crippen LogP contribution in [0.15, 0.2) is 24.3 Å². The Kier molecular flexibility index (Phi) is 6.44. The van der Waals surface area contributed by atoms with E-state index in [2.05, 4.69) is 6.92 Å². The van der Waals surface area contributed by atoms with Crippen molar-refractivity contribution in [3.8, 4) is 5.75 Å². The second-order valence-electron chi connectivity index (χ2n) is 5.89. The van der Waals surface area contributed by atoms with E-state index >= 15 is 0 Å². The third-order valence-corrected chi connectivity index (χ3v) is 4.22. The third-order valence-electron chi connectivity index (χ3n) is 4.22. The van der Waals surface area contributed by atoms with Gasteiger partial charge in [0.15, 0.2) is 0 Å². The van der Waals surface area contributed by atoms with Crippen LogP contribution in [0.5, 0.6) is 5.75 Å². The molecule has 0 unspecified atom stereocenters. The Labute approximate surface area is 138 Å². The molecule has 0 radical (unpaired) electrons. The number of methoxy groups -OCH3 is 1. The number of hydrogen-bond donors (Lipinski definition) is 0. The molecule has 1 aromatic carbocycles. The first-order valence-corrected chi connectivity index (χ1v) is 8.32. The summed E-state index contributed by atoms with van der Waals surface area (Å²) in [5.74, 6) is 1.09. The van der Waals surface area contributed by atoms with Gasteiger partial charge in [-0.3, -0.25) is 9.59 Å². The number of piperazine rings is 1. The van der Waals surface area contributed by atoms with Gasteiger partial charge >= 0.3 is 0 Å². The topological polar surface area (TPSA) is 49.9 Å². The summed E-state index contributed by atoms with van der Waals surface area (Å²) >= 11 is 0. The first kappa shape index (κ1) is 17.3. The monoisotopic (exact) mass is 318 g/mol. The Hall–Kier alpha value is -2.04. The van der Waals surface area contributed by atoms with E-state index in [4.69, 9.17) is 4.74 Å². The van der Waals surface area contributed by atoms with Gasteiger partial charge in [-0.15, -0.1) is 0 Å². The van der Waals surface area contributed by atoms with Crippen molar-refractivity contribution in [1.29, 1.82) is 0 Å². The highest BCUT2D eigenvalue weighted by Gasteiger charge is 2.23. The van der Waals surface area contributed by atoms with Crippen molar-refractivity contribution in [2.45, 2.75) is 32.6 Å². The number of rotatable bonds is 6. The molecule has 1 saturated heterocycles. The van der Waals surface area contributed by atoms with E-state index in [9.17, 15) is 9.59 Å². The molecular formula is C18H26N2O3. The molecule has 1 aliphatic heterocycles. The van der Waals surface area contributed by atoms with Gasteiger partial charge in [0.25, 0.3) is 0 Å². The van der Waals surface area contributed by atoms with Crippen LogP contribution < -0.4 is 4.74 Å². The van der Waals surface area contributed by atoms with Crippen molar-refractivity contribution in [2.24, 2.45) is 0 Å². The van der Waals surface area contributed by atoms with Gasteiger partial charge < -0.3 is 14.5 Å². The van der Waals surface area contributed by atoms with Crippen LogP contribution >= 0.6 is 0 Å². The first-order valence-electron chi connectivity index (χ1n) is 8.32. The number of nitrogens with zero attached hydrogens (tertiary/aromatic N) is 2. The Bertz CT molecular complexity index is 537. The van der Waals surface area contributed by atoms with E-state index in [1.807, 2.05) is 34.1 Å². The molecule has 1 aliphatic rings. The van der Waals surface area contributed by atoms with Crippen LogP contribution in [0.2, 0.25) is 0 Å². The number of benzene rings is 1. The molecule has 0 N–H and O–H groups in total. The van der Waals surface area contributed by atoms with E-state index < -0.39 is 0 Å². The predicted octanol–water partition coefficient (Wildman–Crippen LogP) is 2.10. The van der Waals surface area contributed by atoms with Gasteiger partial charge in [-0.2, -0.15) is 0 Å². The van der Waals surface area contributed by atoms with Gasteiger partial charge in [0.1, 0.15) is 5.75 Å². The Morgan fingerprint density at radius 3 is 2.35 bits per heavy atom. The van der Waals surface area contributed by atoms with Crippen LogP contribution in [0.3, 0.4) is 0 Å². The molecule has 1 aromatic rings. The Balaban J connectivity index is 1.82. The van der Waals surface area contributed by atoms with Crippen molar-refractivity contribution >= 4 is 11.8 Å². The lowest BCUT2D eigenvalue weighted by molar-refractivity contribution is -0.139. The molecule has 126 valence electrons. The van der Waals surface area contributed by atoms with Gasteiger partial charge in [-0.25, -0.2) is 0 Å². The average Bonchev–Trinajstić information content (AvgIpc) is 2.60. The van der Waals surface area contributed by atoms with Crippen LogP contribution in [-0.4, -0.2) is 54.9 Å². The van der Waals surface area contributed by atoms with E-state index in [1.54, 1.807) is 7.11 Å². The smallest absolute Gasteiger partial charge is 0.227 e. The maximum Gasteiger partial charge on any atom is 0.227 e. The summed E-state index contributed by atoms with van der Waals surface area (Å²) in [5, 5.41) is 0. The SMILES string of the molecule is CCCCC(=O)N1CCN(C(=O)Cc2cccc(OC)c2)CC1. The van der Waals surface area contributed by atoms with Crippen LogP contribution in [0.1, 0.15) is 31.7 Å². The number of carbonyl (C=O) groups is 2. The lowest BCUT2D eigenvalue weighted by Gasteiger charge is -2.35. The predicted molar refractivity (Wildman–Crippen MR) is 89.4 cm³/mol. The fourth-order valence-electron chi connectivity index (χ4n) is 2.76. The number of hydrogen-bond acceptors (Lipinski definition) is 3. The molecule has 1 fully saturated rings. The minimum absolute atomic E-state index is 0.110. The van der Waals surface area contributed by atoms with Gasteiger partial charge in [0.2, 0.25) is 11.8 Å². The first-order chi connectivity index (χ1) is 11.1. The van der Waals surface area contributed by atoms with Crippen LogP contribution in [0.4, 0.5) is 0 Å². The van der Waals surface area contributed by atoms with Crippen molar-refractivity contribution in [2.75, 3.05) is 33.3 Å². The summed E-state index contributed by atoms with van der Waals surface area (Å²) in [5.41, 5.74) is 0.954. The highest BCUT2D eigenvalue weighted by atomic mass is 16.5. The minimum Gasteiger partial charge on any atom is -0.497 e. The summed E-state index contributed by atoms with van der Waals surface area (Å²) in [6.45, 7) is 4.63. The lowest BCUT2D eigenvalue weighted by atomic mass is 10.1. The van der Waals surface area contributed by atoms with Crippen molar-refractivity contribution in [3.63, 3.8) is 0 Å². The summed E-state index contributed by atoms with van der Waals surface area (Å²) in [4.78, 5) is 28.1. The van der Waals surface area contributed by atoms with E-state index in [-0.39, 0.29) is 11.8 Å².